The molecule has 3 atom stereocenters. The molecule has 0 fully saturated rings. The molecule has 45 heavy (non-hydrogen) atoms. The Morgan fingerprint density at radius 2 is 1.29 bits per heavy atom. The van der Waals surface area contributed by atoms with Gasteiger partial charge in [0.05, 0.1) is 6.10 Å². The van der Waals surface area contributed by atoms with Crippen molar-refractivity contribution in [1.29, 1.82) is 0 Å². The molecule has 244 valence electrons. The van der Waals surface area contributed by atoms with Gasteiger partial charge in [-0.25, -0.2) is 0 Å². The summed E-state index contributed by atoms with van der Waals surface area (Å²) in [6.07, 6.45) is 34.0. The van der Waals surface area contributed by atoms with E-state index in [-0.39, 0.29) is 29.0 Å². The summed E-state index contributed by atoms with van der Waals surface area (Å²) in [7, 11) is 0. The molecule has 0 aromatic rings. The predicted molar refractivity (Wildman–Crippen MR) is 194 cm³/mol. The number of carbonyl (C=O) groups excluding carboxylic acids is 1. The molecule has 3 nitrogen and oxygen atoms in total. The fraction of sp³-hybridized carbons (Fsp3) is 0.452. The van der Waals surface area contributed by atoms with E-state index in [1.165, 1.54) is 45.9 Å². The van der Waals surface area contributed by atoms with Crippen molar-refractivity contribution < 1.29 is 14.6 Å². The maximum Gasteiger partial charge on any atom is 0.303 e. The Morgan fingerprint density at radius 1 is 0.778 bits per heavy atom. The summed E-state index contributed by atoms with van der Waals surface area (Å²) in [6.45, 7) is 23.1. The van der Waals surface area contributed by atoms with Gasteiger partial charge in [0.2, 0.25) is 0 Å². The molecule has 0 aromatic carbocycles. The van der Waals surface area contributed by atoms with Gasteiger partial charge in [-0.1, -0.05) is 146 Å². The Bertz CT molecular complexity index is 1390. The Kier molecular flexibility index (Phi) is 14.5. The molecule has 3 heteroatoms. The first-order chi connectivity index (χ1) is 21.0. The monoisotopic (exact) mass is 610 g/mol. The average molecular weight is 611 g/mol. The number of ether oxygens (including phenoxy) is 1. The van der Waals surface area contributed by atoms with Crippen LogP contribution in [0.1, 0.15) is 95.4 Å². The van der Waals surface area contributed by atoms with Gasteiger partial charge in [-0.05, 0) is 83.3 Å². The maximum atomic E-state index is 11.4. The summed E-state index contributed by atoms with van der Waals surface area (Å²) in [5, 5.41) is 10.1. The Labute approximate surface area is 274 Å². The third-order valence-corrected chi connectivity index (χ3v) is 8.63. The number of allylic oxidation sites excluding steroid dienone is 20. The van der Waals surface area contributed by atoms with Crippen molar-refractivity contribution in [2.45, 2.75) is 108 Å². The van der Waals surface area contributed by atoms with Gasteiger partial charge in [0, 0.05) is 12.8 Å². The number of aliphatic hydroxyl groups excluding tert-OH is 1. The fourth-order valence-corrected chi connectivity index (χ4v) is 6.40. The van der Waals surface area contributed by atoms with Crippen LogP contribution in [0.25, 0.3) is 0 Å². The zero-order valence-corrected chi connectivity index (χ0v) is 29.8. The minimum atomic E-state index is -0.231. The van der Waals surface area contributed by atoms with Crippen LogP contribution in [-0.2, 0) is 9.53 Å². The lowest BCUT2D eigenvalue weighted by atomic mass is 9.67. The normalized spacial score (nSPS) is 25.4. The first-order valence-electron chi connectivity index (χ1n) is 16.3. The second kappa shape index (κ2) is 17.3. The molecule has 0 radical (unpaired) electrons. The molecule has 0 saturated carbocycles. The lowest BCUT2D eigenvalue weighted by Gasteiger charge is -2.39. The highest BCUT2D eigenvalue weighted by molar-refractivity contribution is 5.66. The van der Waals surface area contributed by atoms with E-state index in [2.05, 4.69) is 160 Å². The van der Waals surface area contributed by atoms with E-state index in [4.69, 9.17) is 4.74 Å². The zero-order chi connectivity index (χ0) is 33.8. The third kappa shape index (κ3) is 13.2. The van der Waals surface area contributed by atoms with Crippen molar-refractivity contribution >= 4 is 5.97 Å². The molecule has 0 saturated heterocycles. The Hall–Kier alpha value is -3.43. The van der Waals surface area contributed by atoms with E-state index in [0.29, 0.717) is 5.92 Å². The van der Waals surface area contributed by atoms with E-state index in [0.717, 1.165) is 19.3 Å². The molecule has 0 heterocycles. The number of aliphatic hydroxyl groups is 1. The maximum absolute atomic E-state index is 11.4. The highest BCUT2D eigenvalue weighted by atomic mass is 16.5. The summed E-state index contributed by atoms with van der Waals surface area (Å²) in [6, 6.07) is 0. The van der Waals surface area contributed by atoms with Crippen LogP contribution < -0.4 is 0 Å². The molecule has 0 amide bonds. The summed E-state index contributed by atoms with van der Waals surface area (Å²) < 4.78 is 5.46. The minimum absolute atomic E-state index is 0.000257. The van der Waals surface area contributed by atoms with Gasteiger partial charge in [-0.2, -0.15) is 0 Å². The molecular formula is C42H58O3. The lowest BCUT2D eigenvalue weighted by molar-refractivity contribution is -0.145. The van der Waals surface area contributed by atoms with E-state index >= 15 is 0 Å². The van der Waals surface area contributed by atoms with Gasteiger partial charge in [0.15, 0.2) is 0 Å². The van der Waals surface area contributed by atoms with Crippen molar-refractivity contribution in [3.8, 4) is 0 Å². The standard InChI is InChI=1S/C42H58O3/c1-30(18-14-20-32(3)22-24-39-34(5)26-37(44)28-41(39,8)9)16-12-13-17-31(2)19-15-21-33(4)23-25-40-35(6)27-38(45-36(7)43)29-42(40,10)11/h12-25,27,37-38,40,44H,26,28-29H2,1-11H3/b13-12+,18-14+,19-15+,24-22+,25-23+,30-16+,31-17+,32-20+,33-21+/t37-,38+,40+/m1/s1. The van der Waals surface area contributed by atoms with Crippen LogP contribution in [-0.4, -0.2) is 23.3 Å². The molecule has 2 rings (SSSR count). The molecule has 1 N–H and O–H groups in total. The summed E-state index contributed by atoms with van der Waals surface area (Å²) in [5.74, 6) is 0.0846. The first-order valence-corrected chi connectivity index (χ1v) is 16.3. The molecule has 2 aliphatic rings. The van der Waals surface area contributed by atoms with Gasteiger partial charge in [-0.3, -0.25) is 4.79 Å². The summed E-state index contributed by atoms with van der Waals surface area (Å²) >= 11 is 0. The highest BCUT2D eigenvalue weighted by Crippen LogP contribution is 2.43. The van der Waals surface area contributed by atoms with Gasteiger partial charge in [0.25, 0.3) is 0 Å². The van der Waals surface area contributed by atoms with E-state index < -0.39 is 0 Å². The highest BCUT2D eigenvalue weighted by Gasteiger charge is 2.36. The second-order valence-electron chi connectivity index (χ2n) is 14.3. The van der Waals surface area contributed by atoms with Crippen LogP contribution in [0, 0.1) is 16.7 Å². The SMILES string of the molecule is CC(=O)O[C@H]1C=C(C)[C@H](/C=C/C(C)=C/C=C/C(C)=C/C=C/C=C(C)/C=C/C=C(C)/C=C/C2=C(C)C[C@@H](O)CC2(C)C)C(C)(C)C1. The van der Waals surface area contributed by atoms with E-state index in [1.807, 2.05) is 0 Å². The first kappa shape index (κ1) is 37.8. The fourth-order valence-electron chi connectivity index (χ4n) is 6.40. The minimum Gasteiger partial charge on any atom is -0.458 e. The summed E-state index contributed by atoms with van der Waals surface area (Å²) in [4.78, 5) is 11.4. The van der Waals surface area contributed by atoms with Crippen LogP contribution in [0.4, 0.5) is 0 Å². The number of hydrogen-bond acceptors (Lipinski definition) is 3. The number of esters is 1. The quantitative estimate of drug-likeness (QED) is 0.144. The van der Waals surface area contributed by atoms with Crippen LogP contribution in [0.2, 0.25) is 0 Å². The molecule has 0 aliphatic heterocycles. The molecule has 0 spiro atoms. The van der Waals surface area contributed by atoms with Crippen molar-refractivity contribution in [1.82, 2.24) is 0 Å². The predicted octanol–water partition coefficient (Wildman–Crippen LogP) is 11.0. The average Bonchev–Trinajstić information content (AvgIpc) is 2.88. The number of hydrogen-bond donors (Lipinski definition) is 1. The molecule has 0 aromatic heterocycles. The van der Waals surface area contributed by atoms with Gasteiger partial charge < -0.3 is 9.84 Å². The number of rotatable bonds is 11. The van der Waals surface area contributed by atoms with Crippen molar-refractivity contribution in [3.05, 3.63) is 130 Å². The van der Waals surface area contributed by atoms with Crippen LogP contribution >= 0.6 is 0 Å². The molecule has 0 unspecified atom stereocenters. The molecule has 0 bridgehead atoms. The summed E-state index contributed by atoms with van der Waals surface area (Å²) in [5.41, 5.74) is 8.64. The third-order valence-electron chi connectivity index (χ3n) is 8.63. The Balaban J connectivity index is 1.91. The van der Waals surface area contributed by atoms with Crippen molar-refractivity contribution in [2.75, 3.05) is 0 Å². The van der Waals surface area contributed by atoms with Crippen LogP contribution in [0.15, 0.2) is 130 Å². The van der Waals surface area contributed by atoms with Gasteiger partial charge >= 0.3 is 5.97 Å². The smallest absolute Gasteiger partial charge is 0.303 e. The van der Waals surface area contributed by atoms with Crippen LogP contribution in [0.5, 0.6) is 0 Å². The lowest BCUT2D eigenvalue weighted by Crippen LogP contribution is -2.34. The second-order valence-corrected chi connectivity index (χ2v) is 14.3. The van der Waals surface area contributed by atoms with Crippen molar-refractivity contribution in [2.24, 2.45) is 16.7 Å². The van der Waals surface area contributed by atoms with E-state index in [9.17, 15) is 9.90 Å². The largest absolute Gasteiger partial charge is 0.458 e. The van der Waals surface area contributed by atoms with Gasteiger partial charge in [0.1, 0.15) is 6.10 Å². The van der Waals surface area contributed by atoms with Gasteiger partial charge in [-0.15, -0.1) is 0 Å². The molecule has 2 aliphatic carbocycles. The zero-order valence-electron chi connectivity index (χ0n) is 29.8. The topological polar surface area (TPSA) is 46.5 Å². The van der Waals surface area contributed by atoms with Crippen molar-refractivity contribution in [3.63, 3.8) is 0 Å². The number of carbonyl (C=O) groups is 1. The molecular weight excluding hydrogens is 552 g/mol. The van der Waals surface area contributed by atoms with E-state index in [1.54, 1.807) is 0 Å². The Morgan fingerprint density at radius 3 is 1.80 bits per heavy atom. The van der Waals surface area contributed by atoms with Crippen LogP contribution in [0.3, 0.4) is 0 Å².